The smallest absolute Gasteiger partial charge is 0.408 e. The molecule has 31 heavy (non-hydrogen) atoms. The van der Waals surface area contributed by atoms with Gasteiger partial charge in [-0.05, 0) is 44.9 Å². The molecule has 1 unspecified atom stereocenters. The van der Waals surface area contributed by atoms with E-state index >= 15 is 0 Å². The predicted octanol–water partition coefficient (Wildman–Crippen LogP) is 3.81. The first kappa shape index (κ1) is 22.5. The van der Waals surface area contributed by atoms with Gasteiger partial charge in [-0.25, -0.2) is 4.79 Å². The molecular weight excluding hydrogens is 418 g/mol. The topological polar surface area (TPSA) is 114 Å². The lowest BCUT2D eigenvalue weighted by Gasteiger charge is -2.24. The molecule has 1 aliphatic heterocycles. The predicted molar refractivity (Wildman–Crippen MR) is 117 cm³/mol. The van der Waals surface area contributed by atoms with Crippen LogP contribution in [0.5, 0.6) is 0 Å². The Morgan fingerprint density at radius 1 is 1.06 bits per heavy atom. The van der Waals surface area contributed by atoms with Gasteiger partial charge < -0.3 is 15.4 Å². The average molecular weight is 444 g/mol. The molecule has 9 heteroatoms. The van der Waals surface area contributed by atoms with Crippen LogP contribution in [0.2, 0.25) is 0 Å². The van der Waals surface area contributed by atoms with Crippen LogP contribution in [-0.4, -0.2) is 31.7 Å². The number of Topliss-reactive ketones (excluding diaryl/α,β-unsaturated/α-hetero) is 1. The van der Waals surface area contributed by atoms with Crippen LogP contribution >= 0.6 is 0 Å². The van der Waals surface area contributed by atoms with Crippen molar-refractivity contribution in [2.45, 2.75) is 50.2 Å². The van der Waals surface area contributed by atoms with Gasteiger partial charge in [0.05, 0.1) is 11.7 Å². The minimum Gasteiger partial charge on any atom is -0.444 e. The third kappa shape index (κ3) is 5.91. The van der Waals surface area contributed by atoms with Crippen LogP contribution in [0.1, 0.15) is 45.2 Å². The second-order valence-electron chi connectivity index (χ2n) is 8.11. The molecule has 0 aromatic heterocycles. The minimum atomic E-state index is -3.95. The zero-order chi connectivity index (χ0) is 22.6. The molecule has 0 saturated heterocycles. The number of para-hydroxylation sites is 1. The Kier molecular flexibility index (Phi) is 6.45. The van der Waals surface area contributed by atoms with Gasteiger partial charge in [-0.3, -0.25) is 4.79 Å². The molecule has 2 aromatic rings. The largest absolute Gasteiger partial charge is 0.444 e. The summed E-state index contributed by atoms with van der Waals surface area (Å²) in [5.41, 5.74) is 0.453. The first-order valence-corrected chi connectivity index (χ1v) is 11.3. The lowest BCUT2D eigenvalue weighted by molar-refractivity contribution is -0.113. The Balaban J connectivity index is 1.73. The Labute approximate surface area is 181 Å². The van der Waals surface area contributed by atoms with E-state index in [9.17, 15) is 18.0 Å². The summed E-state index contributed by atoms with van der Waals surface area (Å²) in [6.07, 6.45) is -0.387. The molecule has 1 atom stereocenters. The van der Waals surface area contributed by atoms with Crippen molar-refractivity contribution in [3.63, 3.8) is 0 Å². The maximum absolute atomic E-state index is 12.7. The average Bonchev–Trinajstić information content (AvgIpc) is 2.69. The van der Waals surface area contributed by atoms with Gasteiger partial charge in [0, 0.05) is 6.42 Å². The van der Waals surface area contributed by atoms with Crippen molar-refractivity contribution in [1.82, 2.24) is 5.32 Å². The number of ether oxygens (including phenoxy) is 1. The van der Waals surface area contributed by atoms with Crippen LogP contribution in [0.4, 0.5) is 10.5 Å². The number of nitrogens with one attached hydrogen (secondary N) is 2. The second kappa shape index (κ2) is 8.89. The Morgan fingerprint density at radius 3 is 2.39 bits per heavy atom. The van der Waals surface area contributed by atoms with Crippen LogP contribution in [0.3, 0.4) is 0 Å². The maximum Gasteiger partial charge on any atom is 0.408 e. The van der Waals surface area contributed by atoms with Gasteiger partial charge in [-0.2, -0.15) is 8.42 Å². The van der Waals surface area contributed by atoms with E-state index in [1.165, 1.54) is 6.07 Å². The molecule has 164 valence electrons. The van der Waals surface area contributed by atoms with E-state index in [2.05, 4.69) is 15.0 Å². The molecule has 1 amide bonds. The summed E-state index contributed by atoms with van der Waals surface area (Å²) in [4.78, 5) is 25.0. The second-order valence-corrected chi connectivity index (χ2v) is 9.68. The van der Waals surface area contributed by atoms with Crippen LogP contribution in [0.25, 0.3) is 0 Å². The summed E-state index contributed by atoms with van der Waals surface area (Å²) < 4.78 is 33.7. The molecule has 0 saturated carbocycles. The fourth-order valence-corrected chi connectivity index (χ4v) is 4.22. The van der Waals surface area contributed by atoms with Gasteiger partial charge in [0.1, 0.15) is 10.5 Å². The monoisotopic (exact) mass is 443 g/mol. The van der Waals surface area contributed by atoms with Crippen LogP contribution in [0.15, 0.2) is 63.9 Å². The van der Waals surface area contributed by atoms with E-state index in [-0.39, 0.29) is 23.6 Å². The van der Waals surface area contributed by atoms with E-state index in [1.807, 2.05) is 30.3 Å². The highest BCUT2D eigenvalue weighted by Gasteiger charge is 2.28. The molecule has 1 aliphatic rings. The first-order valence-electron chi connectivity index (χ1n) is 9.84. The first-order chi connectivity index (χ1) is 14.5. The highest BCUT2D eigenvalue weighted by atomic mass is 32.2. The number of alkyl carbamates (subject to hydrolysis) is 1. The number of hydrogen-bond donors (Lipinski definition) is 2. The van der Waals surface area contributed by atoms with Gasteiger partial charge in [0.25, 0.3) is 10.0 Å². The number of hydrogen-bond acceptors (Lipinski definition) is 6. The summed E-state index contributed by atoms with van der Waals surface area (Å²) in [6.45, 7) is 5.29. The van der Waals surface area contributed by atoms with Crippen molar-refractivity contribution in [2.75, 3.05) is 5.32 Å². The molecule has 2 aromatic carbocycles. The normalized spacial score (nSPS) is 15.6. The van der Waals surface area contributed by atoms with Gasteiger partial charge in [-0.1, -0.05) is 42.5 Å². The number of benzene rings is 2. The maximum atomic E-state index is 12.7. The van der Waals surface area contributed by atoms with Crippen molar-refractivity contribution in [2.24, 2.45) is 4.40 Å². The van der Waals surface area contributed by atoms with Crippen molar-refractivity contribution >= 4 is 33.4 Å². The molecule has 0 aliphatic carbocycles. The number of amidine groups is 1. The zero-order valence-electron chi connectivity index (χ0n) is 17.6. The third-order valence-corrected chi connectivity index (χ3v) is 5.78. The van der Waals surface area contributed by atoms with Crippen LogP contribution < -0.4 is 10.6 Å². The summed E-state index contributed by atoms with van der Waals surface area (Å²) in [5, 5.41) is 5.59. The highest BCUT2D eigenvalue weighted by molar-refractivity contribution is 7.90. The molecule has 1 heterocycles. The molecule has 0 bridgehead atoms. The van der Waals surface area contributed by atoms with Crippen molar-refractivity contribution in [3.8, 4) is 0 Å². The standard InChI is InChI=1S/C22H25N3O5S/c1-22(2,3)30-21(27)24-16(15-9-5-4-6-10-15)13-14-18(26)20-23-17-11-7-8-12-19(17)31(28,29)25-20/h4-12,16H,13-14H2,1-3H3,(H,23,25)(H,24,27). The number of sulfonamides is 1. The highest BCUT2D eigenvalue weighted by Crippen LogP contribution is 2.27. The number of rotatable bonds is 6. The number of anilines is 1. The number of ketones is 1. The van der Waals surface area contributed by atoms with Gasteiger partial charge in [0.15, 0.2) is 11.6 Å². The number of nitrogens with zero attached hydrogens (tertiary/aromatic N) is 1. The minimum absolute atomic E-state index is 0.0281. The van der Waals surface area contributed by atoms with Gasteiger partial charge >= 0.3 is 6.09 Å². The van der Waals surface area contributed by atoms with E-state index in [1.54, 1.807) is 39.0 Å². The molecule has 0 fully saturated rings. The van der Waals surface area contributed by atoms with Gasteiger partial charge in [-0.15, -0.1) is 4.40 Å². The lowest BCUT2D eigenvalue weighted by atomic mass is 10.0. The Bertz CT molecular complexity index is 1110. The SMILES string of the molecule is CC(C)(C)OC(=O)NC(CCC(=O)C1=NS(=O)(=O)c2ccccc2N1)c1ccccc1. The molecular formula is C22H25N3O5S. The molecule has 8 nitrogen and oxygen atoms in total. The fraction of sp³-hybridized carbons (Fsp3) is 0.318. The quantitative estimate of drug-likeness (QED) is 0.702. The fourth-order valence-electron chi connectivity index (χ4n) is 3.09. The molecule has 2 N–H and O–H groups in total. The van der Waals surface area contributed by atoms with Crippen molar-refractivity contribution < 1.29 is 22.7 Å². The lowest BCUT2D eigenvalue weighted by Crippen LogP contribution is -2.35. The molecule has 0 radical (unpaired) electrons. The summed E-state index contributed by atoms with van der Waals surface area (Å²) >= 11 is 0. The summed E-state index contributed by atoms with van der Waals surface area (Å²) in [5.74, 6) is -0.701. The van der Waals surface area contributed by atoms with E-state index < -0.39 is 33.5 Å². The Morgan fingerprint density at radius 2 is 1.71 bits per heavy atom. The molecule has 0 spiro atoms. The third-order valence-electron chi connectivity index (χ3n) is 4.45. The van der Waals surface area contributed by atoms with Crippen LogP contribution in [0, 0.1) is 0 Å². The van der Waals surface area contributed by atoms with Gasteiger partial charge in [0.2, 0.25) is 0 Å². The Hall–Kier alpha value is -3.20. The number of fused-ring (bicyclic) bond motifs is 1. The summed E-state index contributed by atoms with van der Waals surface area (Å²) in [6, 6.07) is 15.0. The van der Waals surface area contributed by atoms with E-state index in [4.69, 9.17) is 4.74 Å². The van der Waals surface area contributed by atoms with Crippen molar-refractivity contribution in [1.29, 1.82) is 0 Å². The number of amides is 1. The van der Waals surface area contributed by atoms with E-state index in [0.29, 0.717) is 5.69 Å². The zero-order valence-corrected chi connectivity index (χ0v) is 18.4. The van der Waals surface area contributed by atoms with Crippen molar-refractivity contribution in [3.05, 3.63) is 60.2 Å². The van der Waals surface area contributed by atoms with E-state index in [0.717, 1.165) is 5.56 Å². The summed E-state index contributed by atoms with van der Waals surface area (Å²) in [7, 11) is -3.95. The number of carbonyl (C=O) groups is 2. The molecule has 3 rings (SSSR count). The van der Waals surface area contributed by atoms with Crippen LogP contribution in [-0.2, 0) is 19.6 Å². The number of carbonyl (C=O) groups excluding carboxylic acids is 2.